The Balaban J connectivity index is 1.68. The van der Waals surface area contributed by atoms with Crippen molar-refractivity contribution in [1.29, 1.82) is 0 Å². The van der Waals surface area contributed by atoms with Crippen LogP contribution >= 0.6 is 0 Å². The molecule has 32 heavy (non-hydrogen) atoms. The highest BCUT2D eigenvalue weighted by atomic mass is 16.4. The number of benzene rings is 2. The fourth-order valence-electron chi connectivity index (χ4n) is 5.41. The van der Waals surface area contributed by atoms with Crippen LogP contribution in [0.25, 0.3) is 10.9 Å². The van der Waals surface area contributed by atoms with Gasteiger partial charge in [-0.2, -0.15) is 0 Å². The zero-order valence-corrected chi connectivity index (χ0v) is 17.4. The predicted molar refractivity (Wildman–Crippen MR) is 116 cm³/mol. The molecular weight excluding hydrogens is 410 g/mol. The summed E-state index contributed by atoms with van der Waals surface area (Å²) < 4.78 is 0. The van der Waals surface area contributed by atoms with E-state index in [1.165, 1.54) is 6.07 Å². The second kappa shape index (κ2) is 7.20. The minimum absolute atomic E-state index is 0.00812. The highest BCUT2D eigenvalue weighted by Gasteiger charge is 2.68. The highest BCUT2D eigenvalue weighted by Crippen LogP contribution is 2.51. The van der Waals surface area contributed by atoms with E-state index in [-0.39, 0.29) is 18.7 Å². The molecule has 0 unspecified atom stereocenters. The molecule has 8 heteroatoms. The Labute approximate surface area is 183 Å². The molecule has 2 aliphatic rings. The van der Waals surface area contributed by atoms with Crippen LogP contribution in [0.4, 0.5) is 0 Å². The van der Waals surface area contributed by atoms with Gasteiger partial charge in [0.15, 0.2) is 0 Å². The Morgan fingerprint density at radius 1 is 1.09 bits per heavy atom. The molecule has 3 heterocycles. The number of aromatic amines is 1. The molecule has 2 saturated heterocycles. The van der Waals surface area contributed by atoms with E-state index in [1.807, 2.05) is 24.3 Å². The van der Waals surface area contributed by atoms with Crippen molar-refractivity contribution in [3.63, 3.8) is 0 Å². The molecule has 2 amide bonds. The maximum absolute atomic E-state index is 13.3. The minimum Gasteiger partial charge on any atom is -0.508 e. The molecule has 164 valence electrons. The number of nitrogens with one attached hydrogen (secondary N) is 2. The van der Waals surface area contributed by atoms with Crippen molar-refractivity contribution >= 4 is 28.7 Å². The SMILES string of the molecule is CCN1C(=O)[C@H]2[C@@H](C1=O)[C@](Cc1c[nH]c3ccccc13)(C(=O)O)N[C@H]2c1ccccc1O. The monoisotopic (exact) mass is 433 g/mol. The third-order valence-corrected chi connectivity index (χ3v) is 6.86. The first-order valence-electron chi connectivity index (χ1n) is 10.6. The van der Waals surface area contributed by atoms with Gasteiger partial charge in [-0.25, -0.2) is 0 Å². The third-order valence-electron chi connectivity index (χ3n) is 6.86. The van der Waals surface area contributed by atoms with Crippen LogP contribution in [0.1, 0.15) is 24.1 Å². The van der Waals surface area contributed by atoms with Crippen LogP contribution < -0.4 is 5.32 Å². The number of aromatic hydroxyl groups is 1. The van der Waals surface area contributed by atoms with Gasteiger partial charge in [0.1, 0.15) is 11.3 Å². The van der Waals surface area contributed by atoms with Gasteiger partial charge in [-0.15, -0.1) is 0 Å². The molecule has 0 radical (unpaired) electrons. The number of carboxylic acids is 1. The quantitative estimate of drug-likeness (QED) is 0.458. The molecule has 0 aliphatic carbocycles. The van der Waals surface area contributed by atoms with Gasteiger partial charge in [0.25, 0.3) is 0 Å². The number of carbonyl (C=O) groups excluding carboxylic acids is 2. The third kappa shape index (κ3) is 2.69. The molecule has 2 fully saturated rings. The summed E-state index contributed by atoms with van der Waals surface area (Å²) in [6.07, 6.45) is 1.76. The Hall–Kier alpha value is -3.65. The molecule has 4 N–H and O–H groups in total. The van der Waals surface area contributed by atoms with Gasteiger partial charge in [-0.3, -0.25) is 24.6 Å². The minimum atomic E-state index is -1.71. The number of H-pyrrole nitrogens is 1. The van der Waals surface area contributed by atoms with Gasteiger partial charge < -0.3 is 15.2 Å². The first-order valence-corrected chi connectivity index (χ1v) is 10.6. The van der Waals surface area contributed by atoms with Crippen molar-refractivity contribution in [1.82, 2.24) is 15.2 Å². The van der Waals surface area contributed by atoms with E-state index in [0.717, 1.165) is 21.4 Å². The van der Waals surface area contributed by atoms with Crippen molar-refractivity contribution < 1.29 is 24.6 Å². The van der Waals surface area contributed by atoms with Crippen LogP contribution in [0.2, 0.25) is 0 Å². The highest BCUT2D eigenvalue weighted by molar-refractivity contribution is 6.09. The van der Waals surface area contributed by atoms with Gasteiger partial charge in [0.05, 0.1) is 11.8 Å². The predicted octanol–water partition coefficient (Wildman–Crippen LogP) is 2.20. The summed E-state index contributed by atoms with van der Waals surface area (Å²) >= 11 is 0. The number of phenolic OH excluding ortho intramolecular Hbond substituents is 1. The van der Waals surface area contributed by atoms with Crippen LogP contribution in [-0.4, -0.2) is 50.0 Å². The lowest BCUT2D eigenvalue weighted by Crippen LogP contribution is -2.57. The number of para-hydroxylation sites is 2. The van der Waals surface area contributed by atoms with E-state index in [9.17, 15) is 24.6 Å². The number of imide groups is 1. The lowest BCUT2D eigenvalue weighted by atomic mass is 9.76. The largest absolute Gasteiger partial charge is 0.508 e. The number of hydrogen-bond donors (Lipinski definition) is 4. The number of hydrogen-bond acceptors (Lipinski definition) is 5. The number of amides is 2. The average Bonchev–Trinajstić information content (AvgIpc) is 3.42. The van der Waals surface area contributed by atoms with Crippen molar-refractivity contribution in [2.45, 2.75) is 24.9 Å². The molecule has 8 nitrogen and oxygen atoms in total. The summed E-state index contributed by atoms with van der Waals surface area (Å²) in [6.45, 7) is 1.86. The Kier molecular flexibility index (Phi) is 4.56. The molecule has 1 aromatic heterocycles. The van der Waals surface area contributed by atoms with Crippen molar-refractivity contribution in [2.75, 3.05) is 6.54 Å². The van der Waals surface area contributed by atoms with Gasteiger partial charge in [0, 0.05) is 41.7 Å². The molecule has 5 rings (SSSR count). The molecule has 0 spiro atoms. The maximum Gasteiger partial charge on any atom is 0.325 e. The summed E-state index contributed by atoms with van der Waals surface area (Å²) in [5, 5.41) is 24.9. The van der Waals surface area contributed by atoms with Crippen LogP contribution in [0, 0.1) is 11.8 Å². The fourth-order valence-corrected chi connectivity index (χ4v) is 5.41. The maximum atomic E-state index is 13.3. The summed E-state index contributed by atoms with van der Waals surface area (Å²) in [5.74, 6) is -4.16. The molecule has 0 bridgehead atoms. The van der Waals surface area contributed by atoms with Crippen molar-refractivity contribution in [2.24, 2.45) is 11.8 Å². The van der Waals surface area contributed by atoms with Crippen LogP contribution in [0.3, 0.4) is 0 Å². The molecule has 0 saturated carbocycles. The van der Waals surface area contributed by atoms with E-state index >= 15 is 0 Å². The first kappa shape index (κ1) is 20.3. The summed E-state index contributed by atoms with van der Waals surface area (Å²) in [5.41, 5.74) is 0.295. The first-order chi connectivity index (χ1) is 15.4. The normalized spacial score (nSPS) is 27.3. The van der Waals surface area contributed by atoms with E-state index < -0.39 is 41.2 Å². The Morgan fingerprint density at radius 2 is 1.81 bits per heavy atom. The number of nitrogens with zero attached hydrogens (tertiary/aromatic N) is 1. The zero-order valence-electron chi connectivity index (χ0n) is 17.4. The lowest BCUT2D eigenvalue weighted by Gasteiger charge is -2.31. The number of aliphatic carboxylic acids is 1. The second-order valence-corrected chi connectivity index (χ2v) is 8.42. The summed E-state index contributed by atoms with van der Waals surface area (Å²) in [4.78, 5) is 43.7. The summed E-state index contributed by atoms with van der Waals surface area (Å²) in [7, 11) is 0. The van der Waals surface area contributed by atoms with Gasteiger partial charge in [-0.1, -0.05) is 36.4 Å². The van der Waals surface area contributed by atoms with Gasteiger partial charge in [-0.05, 0) is 24.6 Å². The second-order valence-electron chi connectivity index (χ2n) is 8.42. The van der Waals surface area contributed by atoms with Crippen LogP contribution in [0.5, 0.6) is 5.75 Å². The standard InChI is InChI=1S/C24H23N3O5/c1-2-27-21(29)18-19(22(27)30)24(23(31)32,26-20(18)15-8-4-6-10-17(15)28)11-13-12-25-16-9-5-3-7-14(13)16/h3-10,12,18-20,25-26,28H,2,11H2,1H3,(H,31,32)/t18-,19-,20-,24+/m0/s1. The van der Waals surface area contributed by atoms with Gasteiger partial charge in [0.2, 0.25) is 11.8 Å². The number of rotatable bonds is 5. The van der Waals surface area contributed by atoms with Crippen LogP contribution in [0.15, 0.2) is 54.7 Å². The number of phenols is 1. The summed E-state index contributed by atoms with van der Waals surface area (Å²) in [6, 6.07) is 13.2. The van der Waals surface area contributed by atoms with E-state index in [2.05, 4.69) is 10.3 Å². The smallest absolute Gasteiger partial charge is 0.325 e. The number of likely N-dealkylation sites (tertiary alicyclic amines) is 1. The molecule has 4 atom stereocenters. The topological polar surface area (TPSA) is 123 Å². The lowest BCUT2D eigenvalue weighted by molar-refractivity contribution is -0.151. The number of aromatic nitrogens is 1. The van der Waals surface area contributed by atoms with E-state index in [4.69, 9.17) is 0 Å². The van der Waals surface area contributed by atoms with E-state index in [0.29, 0.717) is 5.56 Å². The number of carbonyl (C=O) groups is 3. The molecule has 2 aliphatic heterocycles. The molecule has 2 aromatic carbocycles. The number of fused-ring (bicyclic) bond motifs is 2. The van der Waals surface area contributed by atoms with Crippen molar-refractivity contribution in [3.8, 4) is 5.75 Å². The van der Waals surface area contributed by atoms with Crippen molar-refractivity contribution in [3.05, 3.63) is 65.9 Å². The molecule has 3 aromatic rings. The molecular formula is C24H23N3O5. The number of carboxylic acid groups (broad SMARTS) is 1. The van der Waals surface area contributed by atoms with Gasteiger partial charge >= 0.3 is 5.97 Å². The Bertz CT molecular complexity index is 1250. The van der Waals surface area contributed by atoms with Crippen LogP contribution in [-0.2, 0) is 20.8 Å². The fraction of sp³-hybridized carbons (Fsp3) is 0.292. The Morgan fingerprint density at radius 3 is 2.53 bits per heavy atom. The zero-order chi connectivity index (χ0) is 22.6. The average molecular weight is 433 g/mol. The van der Waals surface area contributed by atoms with E-state index in [1.54, 1.807) is 31.3 Å².